The molecule has 6 heteroatoms. The van der Waals surface area contributed by atoms with Gasteiger partial charge in [-0.1, -0.05) is 6.92 Å². The molecular formula is C10H14N2O4. The maximum atomic E-state index is 11.1. The molecule has 0 spiro atoms. The summed E-state index contributed by atoms with van der Waals surface area (Å²) in [6.45, 7) is 1.83. The largest absolute Gasteiger partial charge is 0.482 e. The van der Waals surface area contributed by atoms with E-state index in [9.17, 15) is 14.7 Å². The maximum Gasteiger partial charge on any atom is 0.323 e. The van der Waals surface area contributed by atoms with E-state index in [1.54, 1.807) is 0 Å². The highest BCUT2D eigenvalue weighted by atomic mass is 16.5. The van der Waals surface area contributed by atoms with Crippen LogP contribution in [0.4, 0.5) is 4.79 Å². The summed E-state index contributed by atoms with van der Waals surface area (Å²) in [5.74, 6) is 0.159. The minimum atomic E-state index is -1.17. The summed E-state index contributed by atoms with van der Waals surface area (Å²) >= 11 is 0. The van der Waals surface area contributed by atoms with Crippen molar-refractivity contribution < 1.29 is 19.4 Å². The smallest absolute Gasteiger partial charge is 0.323 e. The van der Waals surface area contributed by atoms with Crippen molar-refractivity contribution in [3.05, 3.63) is 23.1 Å². The number of aldehydes is 1. The number of amides is 2. The van der Waals surface area contributed by atoms with Gasteiger partial charge in [0.1, 0.15) is 6.29 Å². The van der Waals surface area contributed by atoms with E-state index in [1.807, 2.05) is 6.92 Å². The van der Waals surface area contributed by atoms with Gasteiger partial charge in [-0.25, -0.2) is 4.79 Å². The zero-order valence-corrected chi connectivity index (χ0v) is 9.11. The van der Waals surface area contributed by atoms with Crippen molar-refractivity contribution in [3.8, 4) is 0 Å². The average Bonchev–Trinajstić information content (AvgIpc) is 2.25. The second-order valence-electron chi connectivity index (χ2n) is 3.13. The first-order valence-corrected chi connectivity index (χ1v) is 4.82. The van der Waals surface area contributed by atoms with Crippen molar-refractivity contribution in [1.82, 2.24) is 10.6 Å². The van der Waals surface area contributed by atoms with Gasteiger partial charge >= 0.3 is 6.03 Å². The third-order valence-corrected chi connectivity index (χ3v) is 2.21. The lowest BCUT2D eigenvalue weighted by Gasteiger charge is -2.26. The van der Waals surface area contributed by atoms with E-state index >= 15 is 0 Å². The molecule has 0 radical (unpaired) electrons. The molecule has 6 nitrogen and oxygen atoms in total. The predicted molar refractivity (Wildman–Crippen MR) is 56.1 cm³/mol. The number of carbonyl (C=O) groups is 2. The molecule has 1 atom stereocenters. The molecule has 88 valence electrons. The zero-order valence-electron chi connectivity index (χ0n) is 9.11. The first-order valence-electron chi connectivity index (χ1n) is 4.82. The van der Waals surface area contributed by atoms with Gasteiger partial charge in [0, 0.05) is 0 Å². The van der Waals surface area contributed by atoms with Crippen molar-refractivity contribution in [3.63, 3.8) is 0 Å². The Bertz CT molecular complexity index is 360. The van der Waals surface area contributed by atoms with Gasteiger partial charge in [0.25, 0.3) is 0 Å². The van der Waals surface area contributed by atoms with Crippen molar-refractivity contribution in [1.29, 1.82) is 0 Å². The second kappa shape index (κ2) is 5.32. The van der Waals surface area contributed by atoms with Crippen LogP contribution in [0.2, 0.25) is 0 Å². The van der Waals surface area contributed by atoms with Crippen LogP contribution in [0.1, 0.15) is 13.3 Å². The van der Waals surface area contributed by atoms with Gasteiger partial charge in [0.05, 0.1) is 12.7 Å². The number of nitrogens with one attached hydrogen (secondary N) is 2. The van der Waals surface area contributed by atoms with Crippen LogP contribution in [-0.2, 0) is 9.53 Å². The second-order valence-corrected chi connectivity index (χ2v) is 3.13. The number of rotatable bonds is 4. The number of urea groups is 1. The molecule has 1 unspecified atom stereocenters. The van der Waals surface area contributed by atoms with Gasteiger partial charge < -0.3 is 15.2 Å². The van der Waals surface area contributed by atoms with Crippen LogP contribution < -0.4 is 10.6 Å². The van der Waals surface area contributed by atoms with Crippen LogP contribution in [0.3, 0.4) is 0 Å². The van der Waals surface area contributed by atoms with E-state index < -0.39 is 12.3 Å². The van der Waals surface area contributed by atoms with Crippen molar-refractivity contribution in [2.45, 2.75) is 19.6 Å². The number of allylic oxidation sites excluding steroid dienone is 1. The number of hydrogen-bond donors (Lipinski definition) is 3. The van der Waals surface area contributed by atoms with E-state index in [4.69, 9.17) is 4.74 Å². The lowest BCUT2D eigenvalue weighted by atomic mass is 10.0. The monoisotopic (exact) mass is 226 g/mol. The van der Waals surface area contributed by atoms with Crippen LogP contribution in [0.15, 0.2) is 23.1 Å². The summed E-state index contributed by atoms with van der Waals surface area (Å²) in [5, 5.41) is 14.4. The van der Waals surface area contributed by atoms with Gasteiger partial charge in [0.15, 0.2) is 6.23 Å². The Kier molecular flexibility index (Phi) is 4.07. The molecule has 1 aliphatic rings. The molecule has 0 aliphatic carbocycles. The third-order valence-electron chi connectivity index (χ3n) is 2.21. The molecular weight excluding hydrogens is 212 g/mol. The van der Waals surface area contributed by atoms with Crippen molar-refractivity contribution >= 4 is 12.3 Å². The molecule has 0 saturated heterocycles. The predicted octanol–water partition coefficient (Wildman–Crippen LogP) is 0.0109. The van der Waals surface area contributed by atoms with E-state index in [1.165, 1.54) is 13.2 Å². The minimum absolute atomic E-state index is 0.159. The average molecular weight is 226 g/mol. The highest BCUT2D eigenvalue weighted by Gasteiger charge is 2.27. The minimum Gasteiger partial charge on any atom is -0.482 e. The summed E-state index contributed by atoms with van der Waals surface area (Å²) in [6.07, 6.45) is 1.32. The van der Waals surface area contributed by atoms with Gasteiger partial charge in [-0.05, 0) is 18.1 Å². The maximum absolute atomic E-state index is 11.1. The molecule has 0 aromatic heterocycles. The Morgan fingerprint density at radius 1 is 1.62 bits per heavy atom. The Morgan fingerprint density at radius 2 is 2.31 bits per heavy atom. The molecule has 0 aromatic rings. The number of methoxy groups -OCH3 is 1. The van der Waals surface area contributed by atoms with Crippen LogP contribution in [-0.4, -0.2) is 30.8 Å². The summed E-state index contributed by atoms with van der Waals surface area (Å²) in [6, 6.07) is -0.547. The SMILES string of the molecule is CC/C(=C/C=O)C1=C(OC)NC(=O)NC1O. The number of ether oxygens (including phenoxy) is 1. The molecule has 3 N–H and O–H groups in total. The van der Waals surface area contributed by atoms with Gasteiger partial charge in [-0.3, -0.25) is 10.1 Å². The van der Waals surface area contributed by atoms with E-state index in [2.05, 4.69) is 10.6 Å². The van der Waals surface area contributed by atoms with Crippen LogP contribution in [0, 0.1) is 0 Å². The normalized spacial score (nSPS) is 21.3. The summed E-state index contributed by atoms with van der Waals surface area (Å²) in [4.78, 5) is 21.5. The first kappa shape index (κ1) is 12.3. The van der Waals surface area contributed by atoms with Crippen molar-refractivity contribution in [2.24, 2.45) is 0 Å². The molecule has 0 aromatic carbocycles. The number of hydrogen-bond acceptors (Lipinski definition) is 4. The van der Waals surface area contributed by atoms with E-state index in [-0.39, 0.29) is 5.88 Å². The van der Waals surface area contributed by atoms with Gasteiger partial charge in [-0.15, -0.1) is 0 Å². The molecule has 1 rings (SSSR count). The lowest BCUT2D eigenvalue weighted by Crippen LogP contribution is -2.49. The van der Waals surface area contributed by atoms with Crippen molar-refractivity contribution in [2.75, 3.05) is 7.11 Å². The zero-order chi connectivity index (χ0) is 12.1. The van der Waals surface area contributed by atoms with Gasteiger partial charge in [0.2, 0.25) is 5.88 Å². The Labute approximate surface area is 93.0 Å². The fourth-order valence-corrected chi connectivity index (χ4v) is 1.49. The molecule has 0 bridgehead atoms. The quantitative estimate of drug-likeness (QED) is 0.465. The van der Waals surface area contributed by atoms with Crippen LogP contribution in [0.25, 0.3) is 0 Å². The Morgan fingerprint density at radius 3 is 2.81 bits per heavy atom. The number of aliphatic hydroxyl groups is 1. The Hall–Kier alpha value is -1.82. The third kappa shape index (κ3) is 2.40. The molecule has 0 fully saturated rings. The van der Waals surface area contributed by atoms with E-state index in [0.717, 1.165) is 0 Å². The lowest BCUT2D eigenvalue weighted by molar-refractivity contribution is -0.104. The molecule has 16 heavy (non-hydrogen) atoms. The first-order chi connectivity index (χ1) is 7.63. The molecule has 0 saturated carbocycles. The fraction of sp³-hybridized carbons (Fsp3) is 0.400. The summed E-state index contributed by atoms with van der Waals surface area (Å²) in [7, 11) is 1.38. The number of carbonyl (C=O) groups excluding carboxylic acids is 2. The standard InChI is InChI=1S/C10H14N2O4/c1-3-6(4-5-13)7-8(14)11-10(15)12-9(7)16-2/h4-5,8,14H,3H2,1-2H3,(H2,11,12,15)/b6-4-. The van der Waals surface area contributed by atoms with E-state index in [0.29, 0.717) is 23.9 Å². The van der Waals surface area contributed by atoms with Gasteiger partial charge in [-0.2, -0.15) is 0 Å². The molecule has 1 heterocycles. The summed E-state index contributed by atoms with van der Waals surface area (Å²) in [5.41, 5.74) is 0.976. The molecule has 2 amide bonds. The highest BCUT2D eigenvalue weighted by Crippen LogP contribution is 2.22. The van der Waals surface area contributed by atoms with Crippen LogP contribution in [0.5, 0.6) is 0 Å². The Balaban J connectivity index is 3.17. The molecule has 1 aliphatic heterocycles. The number of aliphatic hydroxyl groups excluding tert-OH is 1. The fourth-order valence-electron chi connectivity index (χ4n) is 1.49. The summed E-state index contributed by atoms with van der Waals surface area (Å²) < 4.78 is 4.96. The highest BCUT2D eigenvalue weighted by molar-refractivity contribution is 5.79. The topological polar surface area (TPSA) is 87.7 Å². The van der Waals surface area contributed by atoms with Crippen LogP contribution >= 0.6 is 0 Å².